The molecule has 0 aliphatic carbocycles. The Hall–Kier alpha value is -3.74. The predicted octanol–water partition coefficient (Wildman–Crippen LogP) is 4.46. The first-order chi connectivity index (χ1) is 15.4. The Kier molecular flexibility index (Phi) is 7.20. The zero-order chi connectivity index (χ0) is 23.3. The van der Waals surface area contributed by atoms with Gasteiger partial charge in [0.15, 0.2) is 11.5 Å². The Morgan fingerprint density at radius 3 is 2.31 bits per heavy atom. The summed E-state index contributed by atoms with van der Waals surface area (Å²) in [6, 6.07) is 12.0. The molecule has 0 bridgehead atoms. The fraction of sp³-hybridized carbons (Fsp3) is 0.280. The highest BCUT2D eigenvalue weighted by molar-refractivity contribution is 6.24. The molecule has 1 amide bonds. The van der Waals surface area contributed by atoms with Crippen molar-refractivity contribution in [2.75, 3.05) is 24.7 Å². The van der Waals surface area contributed by atoms with Crippen LogP contribution in [0.1, 0.15) is 33.3 Å². The molecule has 0 atom stereocenters. The number of hydrogen-bond acceptors (Lipinski definition) is 6. The molecule has 0 radical (unpaired) electrons. The third-order valence-electron chi connectivity index (χ3n) is 4.92. The minimum absolute atomic E-state index is 0.102. The maximum absolute atomic E-state index is 13.4. The van der Waals surface area contributed by atoms with Crippen molar-refractivity contribution in [2.24, 2.45) is 0 Å². The van der Waals surface area contributed by atoms with Gasteiger partial charge in [0.1, 0.15) is 5.75 Å². The molecule has 0 fully saturated rings. The number of rotatable bonds is 8. The van der Waals surface area contributed by atoms with E-state index in [1.807, 2.05) is 13.8 Å². The van der Waals surface area contributed by atoms with Crippen LogP contribution in [0.4, 0.5) is 5.69 Å². The molecule has 0 unspecified atom stereocenters. The molecule has 1 N–H and O–H groups in total. The lowest BCUT2D eigenvalue weighted by Crippen LogP contribution is -2.24. The van der Waals surface area contributed by atoms with E-state index in [9.17, 15) is 14.7 Å². The van der Waals surface area contributed by atoms with E-state index in [0.29, 0.717) is 41.7 Å². The molecule has 7 nitrogen and oxygen atoms in total. The number of anilines is 1. The number of nitrogens with zero attached hydrogens (tertiary/aromatic N) is 1. The fourth-order valence-electron chi connectivity index (χ4n) is 3.53. The van der Waals surface area contributed by atoms with Gasteiger partial charge in [-0.25, -0.2) is 4.79 Å². The van der Waals surface area contributed by atoms with Gasteiger partial charge in [-0.1, -0.05) is 12.1 Å². The van der Waals surface area contributed by atoms with E-state index < -0.39 is 11.9 Å². The molecule has 2 aromatic carbocycles. The molecule has 7 heteroatoms. The summed E-state index contributed by atoms with van der Waals surface area (Å²) in [5.74, 6) is -0.109. The molecule has 1 aliphatic heterocycles. The van der Waals surface area contributed by atoms with Crippen molar-refractivity contribution in [2.45, 2.75) is 27.7 Å². The second kappa shape index (κ2) is 10.0. The maximum Gasteiger partial charge on any atom is 0.340 e. The first-order valence-electron chi connectivity index (χ1n) is 10.5. The van der Waals surface area contributed by atoms with Crippen molar-refractivity contribution >= 4 is 23.6 Å². The van der Waals surface area contributed by atoms with Crippen LogP contribution in [0.3, 0.4) is 0 Å². The number of carbonyl (C=O) groups excluding carboxylic acids is 2. The number of hydrogen-bond donors (Lipinski definition) is 1. The zero-order valence-corrected chi connectivity index (χ0v) is 18.7. The van der Waals surface area contributed by atoms with E-state index in [0.717, 1.165) is 0 Å². The number of phenolic OH excluding ortho intramolecular Hbond substituents is 1. The molecule has 32 heavy (non-hydrogen) atoms. The zero-order valence-electron chi connectivity index (χ0n) is 18.7. The number of phenols is 1. The largest absolute Gasteiger partial charge is 0.504 e. The van der Waals surface area contributed by atoms with Gasteiger partial charge < -0.3 is 19.3 Å². The molecule has 2 aromatic rings. The Bertz CT molecular complexity index is 1070. The topological polar surface area (TPSA) is 85.3 Å². The molecular weight excluding hydrogens is 410 g/mol. The Labute approximate surface area is 187 Å². The number of ether oxygens (including phenoxy) is 3. The molecule has 0 saturated carbocycles. The molecule has 1 aliphatic rings. The van der Waals surface area contributed by atoms with Crippen molar-refractivity contribution < 1.29 is 28.9 Å². The molecule has 1 heterocycles. The van der Waals surface area contributed by atoms with E-state index in [4.69, 9.17) is 14.2 Å². The van der Waals surface area contributed by atoms with Gasteiger partial charge in [-0.15, -0.1) is 0 Å². The van der Waals surface area contributed by atoms with Crippen LogP contribution in [0.15, 0.2) is 59.3 Å². The SMILES string of the molecule is CCOC(=O)C1=C(C)N(c2ccc(OCC)cc2)C(=O)/C1=C\c1cccc(OCC)c1O. The smallest absolute Gasteiger partial charge is 0.340 e. The highest BCUT2D eigenvalue weighted by Crippen LogP contribution is 2.38. The van der Waals surface area contributed by atoms with Crippen molar-refractivity contribution in [3.8, 4) is 17.2 Å². The highest BCUT2D eigenvalue weighted by atomic mass is 16.5. The summed E-state index contributed by atoms with van der Waals surface area (Å²) >= 11 is 0. The fourth-order valence-corrected chi connectivity index (χ4v) is 3.53. The summed E-state index contributed by atoms with van der Waals surface area (Å²) < 4.78 is 16.1. The summed E-state index contributed by atoms with van der Waals surface area (Å²) in [7, 11) is 0. The summed E-state index contributed by atoms with van der Waals surface area (Å²) in [6.07, 6.45) is 1.49. The lowest BCUT2D eigenvalue weighted by Gasteiger charge is -2.18. The summed E-state index contributed by atoms with van der Waals surface area (Å²) in [4.78, 5) is 27.7. The van der Waals surface area contributed by atoms with Crippen LogP contribution in [0.2, 0.25) is 0 Å². The van der Waals surface area contributed by atoms with E-state index in [-0.39, 0.29) is 23.5 Å². The molecular formula is C25H27NO6. The number of esters is 1. The first-order valence-corrected chi connectivity index (χ1v) is 10.5. The van der Waals surface area contributed by atoms with Crippen LogP contribution in [-0.4, -0.2) is 36.8 Å². The second-order valence-electron chi connectivity index (χ2n) is 6.93. The predicted molar refractivity (Wildman–Crippen MR) is 122 cm³/mol. The van der Waals surface area contributed by atoms with Crippen molar-refractivity contribution in [1.29, 1.82) is 0 Å². The van der Waals surface area contributed by atoms with Crippen LogP contribution < -0.4 is 14.4 Å². The number of allylic oxidation sites excluding steroid dienone is 1. The summed E-state index contributed by atoms with van der Waals surface area (Å²) in [6.45, 7) is 8.18. The highest BCUT2D eigenvalue weighted by Gasteiger charge is 2.38. The summed E-state index contributed by atoms with van der Waals surface area (Å²) in [5, 5.41) is 10.6. The van der Waals surface area contributed by atoms with Crippen molar-refractivity contribution in [1.82, 2.24) is 0 Å². The number of carbonyl (C=O) groups is 2. The van der Waals surface area contributed by atoms with Gasteiger partial charge in [-0.2, -0.15) is 0 Å². The van der Waals surface area contributed by atoms with Crippen LogP contribution in [0.5, 0.6) is 17.2 Å². The van der Waals surface area contributed by atoms with Gasteiger partial charge in [0.25, 0.3) is 5.91 Å². The van der Waals surface area contributed by atoms with E-state index in [1.165, 1.54) is 11.0 Å². The average Bonchev–Trinajstić information content (AvgIpc) is 3.01. The molecule has 0 spiro atoms. The standard InChI is InChI=1S/C25H27NO6/c1-5-30-19-13-11-18(12-14-19)26-16(4)22(25(29)32-7-3)20(24(26)28)15-17-9-8-10-21(23(17)27)31-6-2/h8-15,27H,5-7H2,1-4H3/b20-15-. The monoisotopic (exact) mass is 437 g/mol. The van der Waals surface area contributed by atoms with Crippen LogP contribution in [0, 0.1) is 0 Å². The lowest BCUT2D eigenvalue weighted by atomic mass is 10.0. The minimum atomic E-state index is -0.599. The second-order valence-corrected chi connectivity index (χ2v) is 6.93. The molecule has 3 rings (SSSR count). The van der Waals surface area contributed by atoms with E-state index >= 15 is 0 Å². The Morgan fingerprint density at radius 1 is 1.00 bits per heavy atom. The van der Waals surface area contributed by atoms with E-state index in [1.54, 1.807) is 56.3 Å². The van der Waals surface area contributed by atoms with Crippen LogP contribution >= 0.6 is 0 Å². The number of benzene rings is 2. The van der Waals surface area contributed by atoms with Crippen molar-refractivity contribution in [3.63, 3.8) is 0 Å². The molecule has 168 valence electrons. The quantitative estimate of drug-likeness (QED) is 0.485. The molecule has 0 aromatic heterocycles. The summed E-state index contributed by atoms with van der Waals surface area (Å²) in [5.41, 5.74) is 1.70. The van der Waals surface area contributed by atoms with E-state index in [2.05, 4.69) is 0 Å². The van der Waals surface area contributed by atoms with Crippen LogP contribution in [0.25, 0.3) is 6.08 Å². The minimum Gasteiger partial charge on any atom is -0.504 e. The lowest BCUT2D eigenvalue weighted by molar-refractivity contribution is -0.138. The number of aromatic hydroxyl groups is 1. The maximum atomic E-state index is 13.4. The van der Waals surface area contributed by atoms with Gasteiger partial charge in [0.2, 0.25) is 0 Å². The first kappa shape index (κ1) is 22.9. The molecule has 0 saturated heterocycles. The Morgan fingerprint density at radius 2 is 1.69 bits per heavy atom. The number of para-hydroxylation sites is 1. The Balaban J connectivity index is 2.09. The van der Waals surface area contributed by atoms with Crippen molar-refractivity contribution in [3.05, 3.63) is 64.9 Å². The third kappa shape index (κ3) is 4.46. The van der Waals surface area contributed by atoms with Gasteiger partial charge in [-0.05, 0) is 64.1 Å². The normalized spacial score (nSPS) is 14.8. The van der Waals surface area contributed by atoms with Gasteiger partial charge in [-0.3, -0.25) is 9.69 Å². The van der Waals surface area contributed by atoms with Gasteiger partial charge in [0.05, 0.1) is 31.0 Å². The number of amides is 1. The van der Waals surface area contributed by atoms with Crippen LogP contribution in [-0.2, 0) is 14.3 Å². The van der Waals surface area contributed by atoms with Gasteiger partial charge >= 0.3 is 5.97 Å². The van der Waals surface area contributed by atoms with Gasteiger partial charge in [0, 0.05) is 16.9 Å². The third-order valence-corrected chi connectivity index (χ3v) is 4.92. The average molecular weight is 437 g/mol.